The van der Waals surface area contributed by atoms with Crippen molar-refractivity contribution in [3.63, 3.8) is 0 Å². The summed E-state index contributed by atoms with van der Waals surface area (Å²) in [6.45, 7) is 5.54. The summed E-state index contributed by atoms with van der Waals surface area (Å²) >= 11 is 6.22. The SMILES string of the molecule is COc1cc(NC(C)=O)c(Cl)cc1C(=O)NC1CCN2C(C)CCNC12. The van der Waals surface area contributed by atoms with Gasteiger partial charge in [0, 0.05) is 25.6 Å². The number of rotatable bonds is 4. The van der Waals surface area contributed by atoms with Gasteiger partial charge in [-0.2, -0.15) is 0 Å². The first-order chi connectivity index (χ1) is 12.4. The van der Waals surface area contributed by atoms with Crippen LogP contribution in [0.1, 0.15) is 37.0 Å². The van der Waals surface area contributed by atoms with Gasteiger partial charge in [-0.15, -0.1) is 0 Å². The second-order valence-electron chi connectivity index (χ2n) is 6.86. The predicted octanol–water partition coefficient (Wildman–Crippen LogP) is 1.82. The standard InChI is InChI=1S/C18H25ClN4O3/c1-10-4-6-20-17-14(5-7-23(10)17)22-18(25)12-8-13(19)15(21-11(2)24)9-16(12)26-3/h8-10,14,17,20H,4-7H2,1-3H3,(H,21,24)(H,22,25). The van der Waals surface area contributed by atoms with Crippen molar-refractivity contribution in [2.24, 2.45) is 0 Å². The van der Waals surface area contributed by atoms with Crippen molar-refractivity contribution in [2.75, 3.05) is 25.5 Å². The zero-order valence-electron chi connectivity index (χ0n) is 15.3. The minimum Gasteiger partial charge on any atom is -0.496 e. The highest BCUT2D eigenvalue weighted by Crippen LogP contribution is 2.31. The number of benzene rings is 1. The van der Waals surface area contributed by atoms with Crippen molar-refractivity contribution in [1.29, 1.82) is 0 Å². The monoisotopic (exact) mass is 380 g/mol. The number of carbonyl (C=O) groups is 2. The minimum absolute atomic E-state index is 0.0313. The number of carbonyl (C=O) groups excluding carboxylic acids is 2. The number of fused-ring (bicyclic) bond motifs is 1. The van der Waals surface area contributed by atoms with Crippen molar-refractivity contribution in [3.05, 3.63) is 22.7 Å². The fourth-order valence-corrected chi connectivity index (χ4v) is 3.97. The van der Waals surface area contributed by atoms with Gasteiger partial charge in [0.25, 0.3) is 5.91 Å². The zero-order chi connectivity index (χ0) is 18.8. The molecule has 2 fully saturated rings. The summed E-state index contributed by atoms with van der Waals surface area (Å²) < 4.78 is 5.34. The Morgan fingerprint density at radius 2 is 2.12 bits per heavy atom. The molecule has 0 spiro atoms. The third kappa shape index (κ3) is 3.79. The maximum atomic E-state index is 12.8. The number of ether oxygens (including phenoxy) is 1. The van der Waals surface area contributed by atoms with Gasteiger partial charge in [0.2, 0.25) is 5.91 Å². The number of amides is 2. The maximum absolute atomic E-state index is 12.8. The van der Waals surface area contributed by atoms with Crippen LogP contribution in [0.4, 0.5) is 5.69 Å². The molecule has 2 saturated heterocycles. The number of anilines is 1. The molecule has 0 radical (unpaired) electrons. The molecule has 2 aliphatic rings. The summed E-state index contributed by atoms with van der Waals surface area (Å²) in [7, 11) is 1.49. The van der Waals surface area contributed by atoms with Gasteiger partial charge in [-0.1, -0.05) is 11.6 Å². The molecule has 2 amide bonds. The molecule has 8 heteroatoms. The fraction of sp³-hybridized carbons (Fsp3) is 0.556. The Morgan fingerprint density at radius 1 is 1.35 bits per heavy atom. The summed E-state index contributed by atoms with van der Waals surface area (Å²) in [6.07, 6.45) is 2.17. The number of hydrogen-bond acceptors (Lipinski definition) is 5. The second-order valence-corrected chi connectivity index (χ2v) is 7.26. The van der Waals surface area contributed by atoms with Crippen LogP contribution in [0.15, 0.2) is 12.1 Å². The van der Waals surface area contributed by atoms with Gasteiger partial charge in [-0.3, -0.25) is 19.8 Å². The van der Waals surface area contributed by atoms with E-state index in [0.717, 1.165) is 25.9 Å². The van der Waals surface area contributed by atoms with Crippen LogP contribution in [0.25, 0.3) is 0 Å². The molecule has 3 rings (SSSR count). The molecule has 0 aliphatic carbocycles. The van der Waals surface area contributed by atoms with Gasteiger partial charge in [0.15, 0.2) is 0 Å². The summed E-state index contributed by atoms with van der Waals surface area (Å²) in [5, 5.41) is 9.53. The number of nitrogens with zero attached hydrogens (tertiary/aromatic N) is 1. The van der Waals surface area contributed by atoms with Crippen LogP contribution in [0, 0.1) is 0 Å². The summed E-state index contributed by atoms with van der Waals surface area (Å²) in [4.78, 5) is 26.5. The summed E-state index contributed by atoms with van der Waals surface area (Å²) in [6, 6.07) is 3.65. The fourth-order valence-electron chi connectivity index (χ4n) is 3.76. The number of hydrogen-bond donors (Lipinski definition) is 3. The average Bonchev–Trinajstić information content (AvgIpc) is 3.00. The average molecular weight is 381 g/mol. The molecule has 1 aromatic rings. The van der Waals surface area contributed by atoms with Gasteiger partial charge in [0.05, 0.1) is 35.6 Å². The van der Waals surface area contributed by atoms with E-state index in [1.807, 2.05) is 0 Å². The van der Waals surface area contributed by atoms with Crippen LogP contribution in [-0.4, -0.2) is 55.2 Å². The van der Waals surface area contributed by atoms with Crippen LogP contribution < -0.4 is 20.7 Å². The molecular weight excluding hydrogens is 356 g/mol. The molecule has 1 aromatic carbocycles. The van der Waals surface area contributed by atoms with Crippen molar-refractivity contribution < 1.29 is 14.3 Å². The molecule has 0 saturated carbocycles. The predicted molar refractivity (Wildman–Crippen MR) is 101 cm³/mol. The number of nitrogens with one attached hydrogen (secondary N) is 3. The topological polar surface area (TPSA) is 82.7 Å². The lowest BCUT2D eigenvalue weighted by atomic mass is 10.1. The molecule has 142 valence electrons. The van der Waals surface area contributed by atoms with Crippen molar-refractivity contribution in [3.8, 4) is 5.75 Å². The zero-order valence-corrected chi connectivity index (χ0v) is 16.0. The molecule has 0 aromatic heterocycles. The highest BCUT2D eigenvalue weighted by Gasteiger charge is 2.39. The van der Waals surface area contributed by atoms with Crippen LogP contribution in [0.3, 0.4) is 0 Å². The van der Waals surface area contributed by atoms with Gasteiger partial charge in [-0.25, -0.2) is 0 Å². The Kier molecular flexibility index (Phi) is 5.70. The van der Waals surface area contributed by atoms with Crippen LogP contribution in [0.2, 0.25) is 5.02 Å². The van der Waals surface area contributed by atoms with E-state index >= 15 is 0 Å². The molecule has 3 unspecified atom stereocenters. The summed E-state index contributed by atoms with van der Waals surface area (Å²) in [5.74, 6) is -0.102. The van der Waals surface area contributed by atoms with E-state index in [0.29, 0.717) is 28.1 Å². The lowest BCUT2D eigenvalue weighted by molar-refractivity contribution is -0.114. The van der Waals surface area contributed by atoms with Gasteiger partial charge in [-0.05, 0) is 32.4 Å². The largest absolute Gasteiger partial charge is 0.496 e. The molecular formula is C18H25ClN4O3. The van der Waals surface area contributed by atoms with E-state index in [-0.39, 0.29) is 24.0 Å². The quantitative estimate of drug-likeness (QED) is 0.742. The molecule has 26 heavy (non-hydrogen) atoms. The molecule has 2 heterocycles. The Morgan fingerprint density at radius 3 is 2.81 bits per heavy atom. The Bertz CT molecular complexity index is 712. The molecule has 0 bridgehead atoms. The molecule has 3 N–H and O–H groups in total. The van der Waals surface area contributed by atoms with Crippen molar-refractivity contribution in [1.82, 2.24) is 15.5 Å². The van der Waals surface area contributed by atoms with Crippen LogP contribution in [-0.2, 0) is 4.79 Å². The first-order valence-electron chi connectivity index (χ1n) is 8.86. The third-order valence-electron chi connectivity index (χ3n) is 5.08. The van der Waals surface area contributed by atoms with Gasteiger partial charge < -0.3 is 15.4 Å². The van der Waals surface area contributed by atoms with Gasteiger partial charge >= 0.3 is 0 Å². The summed E-state index contributed by atoms with van der Waals surface area (Å²) in [5.41, 5.74) is 0.774. The molecule has 2 aliphatic heterocycles. The van der Waals surface area contributed by atoms with Crippen LogP contribution >= 0.6 is 11.6 Å². The first kappa shape index (κ1) is 18.9. The van der Waals surface area contributed by atoms with Crippen LogP contribution in [0.5, 0.6) is 5.75 Å². The Hall–Kier alpha value is -1.83. The smallest absolute Gasteiger partial charge is 0.255 e. The highest BCUT2D eigenvalue weighted by atomic mass is 35.5. The number of methoxy groups -OCH3 is 1. The highest BCUT2D eigenvalue weighted by molar-refractivity contribution is 6.34. The molecule has 3 atom stereocenters. The Balaban J connectivity index is 1.77. The first-order valence-corrected chi connectivity index (χ1v) is 9.23. The van der Waals surface area contributed by atoms with Crippen molar-refractivity contribution >= 4 is 29.1 Å². The van der Waals surface area contributed by atoms with E-state index in [1.54, 1.807) is 6.07 Å². The van der Waals surface area contributed by atoms with E-state index in [9.17, 15) is 9.59 Å². The lowest BCUT2D eigenvalue weighted by Crippen LogP contribution is -2.58. The van der Waals surface area contributed by atoms with E-state index < -0.39 is 0 Å². The second kappa shape index (κ2) is 7.82. The maximum Gasteiger partial charge on any atom is 0.255 e. The number of halogens is 1. The van der Waals surface area contributed by atoms with E-state index in [4.69, 9.17) is 16.3 Å². The van der Waals surface area contributed by atoms with E-state index in [2.05, 4.69) is 27.8 Å². The van der Waals surface area contributed by atoms with E-state index in [1.165, 1.54) is 20.1 Å². The molecule has 7 nitrogen and oxygen atoms in total. The lowest BCUT2D eigenvalue weighted by Gasteiger charge is -2.38. The minimum atomic E-state index is -0.241. The van der Waals surface area contributed by atoms with Crippen molar-refractivity contribution in [2.45, 2.75) is 44.9 Å². The third-order valence-corrected chi connectivity index (χ3v) is 5.39. The normalized spacial score (nSPS) is 25.5. The van der Waals surface area contributed by atoms with Gasteiger partial charge in [0.1, 0.15) is 5.75 Å². The Labute approximate surface area is 158 Å².